The van der Waals surface area contributed by atoms with Crippen molar-refractivity contribution >= 4 is 17.6 Å². The Hall–Kier alpha value is -1.79. The van der Waals surface area contributed by atoms with Gasteiger partial charge >= 0.3 is 0 Å². The van der Waals surface area contributed by atoms with Crippen molar-refractivity contribution in [3.63, 3.8) is 0 Å². The number of nitrogens with two attached hydrogens (primary N) is 1. The summed E-state index contributed by atoms with van der Waals surface area (Å²) < 4.78 is 0. The third kappa shape index (κ3) is 3.02. The molecule has 7 nitrogen and oxygen atoms in total. The third-order valence-corrected chi connectivity index (χ3v) is 3.96. The summed E-state index contributed by atoms with van der Waals surface area (Å²) in [4.78, 5) is 27.5. The first-order chi connectivity index (χ1) is 9.39. The number of amides is 2. The molecule has 1 aliphatic carbocycles. The monoisotopic (exact) mass is 284 g/mol. The van der Waals surface area contributed by atoms with Gasteiger partial charge in [-0.15, -0.1) is 0 Å². The predicted molar refractivity (Wildman–Crippen MR) is 75.3 cm³/mol. The summed E-state index contributed by atoms with van der Waals surface area (Å²) in [6, 6.07) is 0. The van der Waals surface area contributed by atoms with Crippen molar-refractivity contribution < 1.29 is 14.8 Å². The maximum absolute atomic E-state index is 12.7. The second-order valence-electron chi connectivity index (χ2n) is 5.38. The average molecular weight is 284 g/mol. The minimum Gasteiger partial charge on any atom is -0.409 e. The van der Waals surface area contributed by atoms with Crippen LogP contribution in [0.1, 0.15) is 32.6 Å². The van der Waals surface area contributed by atoms with Crippen molar-refractivity contribution in [1.29, 1.82) is 0 Å². The van der Waals surface area contributed by atoms with Crippen LogP contribution >= 0.6 is 0 Å². The minimum atomic E-state index is -0.947. The van der Waals surface area contributed by atoms with E-state index in [2.05, 4.69) is 5.16 Å². The van der Waals surface area contributed by atoms with Crippen LogP contribution in [0.4, 0.5) is 0 Å². The minimum absolute atomic E-state index is 0.0167. The van der Waals surface area contributed by atoms with Crippen molar-refractivity contribution in [2.24, 2.45) is 16.3 Å². The molecule has 7 heteroatoms. The van der Waals surface area contributed by atoms with E-state index in [0.29, 0.717) is 19.4 Å². The fourth-order valence-electron chi connectivity index (χ4n) is 2.59. The number of amidine groups is 1. The average Bonchev–Trinajstić information content (AvgIpc) is 2.93. The summed E-state index contributed by atoms with van der Waals surface area (Å²) in [5, 5.41) is 12.0. The first-order valence-electron chi connectivity index (χ1n) is 6.86. The van der Waals surface area contributed by atoms with Crippen molar-refractivity contribution in [2.75, 3.05) is 27.2 Å². The normalized spacial score (nSPS) is 17.9. The number of likely N-dealkylation sites (N-methyl/N-ethyl adjacent to an activating group) is 2. The van der Waals surface area contributed by atoms with Crippen LogP contribution in [-0.4, -0.2) is 59.8 Å². The standard InChI is InChI=1S/C13H24N4O3/c1-4-17(9-10(18)16(2)3)12(19)13(11(14)15-20)7-5-6-8-13/h20H,4-9H2,1-3H3,(H2,14,15). The summed E-state index contributed by atoms with van der Waals surface area (Å²) in [5.41, 5.74) is 4.81. The maximum atomic E-state index is 12.7. The predicted octanol–water partition coefficient (Wildman–Crippen LogP) is 0.230. The maximum Gasteiger partial charge on any atom is 0.241 e. The molecule has 0 unspecified atom stereocenters. The van der Waals surface area contributed by atoms with Gasteiger partial charge in [-0.25, -0.2) is 0 Å². The molecule has 0 heterocycles. The van der Waals surface area contributed by atoms with Crippen LogP contribution < -0.4 is 5.73 Å². The van der Waals surface area contributed by atoms with E-state index in [1.54, 1.807) is 14.1 Å². The molecule has 0 aromatic rings. The Labute approximate surface area is 119 Å². The smallest absolute Gasteiger partial charge is 0.241 e. The van der Waals surface area contributed by atoms with Gasteiger partial charge in [0, 0.05) is 20.6 Å². The van der Waals surface area contributed by atoms with Crippen molar-refractivity contribution in [1.82, 2.24) is 9.80 Å². The lowest BCUT2D eigenvalue weighted by Gasteiger charge is -2.33. The fourth-order valence-corrected chi connectivity index (χ4v) is 2.59. The summed E-state index contributed by atoms with van der Waals surface area (Å²) in [6.45, 7) is 2.25. The van der Waals surface area contributed by atoms with E-state index in [-0.39, 0.29) is 24.2 Å². The highest BCUT2D eigenvalue weighted by molar-refractivity contribution is 6.07. The van der Waals surface area contributed by atoms with Gasteiger partial charge in [-0.3, -0.25) is 9.59 Å². The van der Waals surface area contributed by atoms with Gasteiger partial charge in [0.15, 0.2) is 5.84 Å². The fraction of sp³-hybridized carbons (Fsp3) is 0.769. The molecule has 3 N–H and O–H groups in total. The number of carbonyl (C=O) groups excluding carboxylic acids is 2. The zero-order chi connectivity index (χ0) is 15.3. The topological polar surface area (TPSA) is 99.2 Å². The van der Waals surface area contributed by atoms with Crippen LogP contribution in [0, 0.1) is 5.41 Å². The first-order valence-corrected chi connectivity index (χ1v) is 6.86. The molecular formula is C13H24N4O3. The van der Waals surface area contributed by atoms with Gasteiger partial charge < -0.3 is 20.7 Å². The molecule has 114 valence electrons. The van der Waals surface area contributed by atoms with Gasteiger partial charge in [0.2, 0.25) is 11.8 Å². The summed E-state index contributed by atoms with van der Waals surface area (Å²) in [6.07, 6.45) is 2.85. The zero-order valence-electron chi connectivity index (χ0n) is 12.4. The molecule has 20 heavy (non-hydrogen) atoms. The third-order valence-electron chi connectivity index (χ3n) is 3.96. The number of nitrogens with zero attached hydrogens (tertiary/aromatic N) is 3. The molecule has 1 fully saturated rings. The first kappa shape index (κ1) is 16.3. The molecule has 0 radical (unpaired) electrons. The highest BCUT2D eigenvalue weighted by atomic mass is 16.4. The Kier molecular flexibility index (Phi) is 5.35. The molecular weight excluding hydrogens is 260 g/mol. The molecule has 0 aromatic carbocycles. The molecule has 1 rings (SSSR count). The van der Waals surface area contributed by atoms with Gasteiger partial charge in [0.25, 0.3) is 0 Å². The Balaban J connectivity index is 2.96. The van der Waals surface area contributed by atoms with Crippen LogP contribution in [0.15, 0.2) is 5.16 Å². The Morgan fingerprint density at radius 3 is 2.25 bits per heavy atom. The molecule has 1 saturated carbocycles. The van der Waals surface area contributed by atoms with Crippen molar-refractivity contribution in [2.45, 2.75) is 32.6 Å². The molecule has 2 amide bonds. The lowest BCUT2D eigenvalue weighted by molar-refractivity contribution is -0.143. The van der Waals surface area contributed by atoms with Crippen molar-refractivity contribution in [3.8, 4) is 0 Å². The van der Waals surface area contributed by atoms with Gasteiger partial charge in [0.1, 0.15) is 5.41 Å². The zero-order valence-corrected chi connectivity index (χ0v) is 12.4. The number of carbonyl (C=O) groups is 2. The molecule has 0 aromatic heterocycles. The Bertz CT molecular complexity index is 400. The van der Waals surface area contributed by atoms with E-state index in [4.69, 9.17) is 10.9 Å². The molecule has 1 aliphatic rings. The second kappa shape index (κ2) is 6.58. The molecule has 0 bridgehead atoms. The van der Waals surface area contributed by atoms with Gasteiger partial charge in [-0.05, 0) is 19.8 Å². The summed E-state index contributed by atoms with van der Waals surface area (Å²) in [5.74, 6) is -0.411. The Morgan fingerprint density at radius 1 is 1.30 bits per heavy atom. The lowest BCUT2D eigenvalue weighted by atomic mass is 9.83. The van der Waals surface area contributed by atoms with E-state index < -0.39 is 5.41 Å². The van der Waals surface area contributed by atoms with E-state index in [0.717, 1.165) is 12.8 Å². The van der Waals surface area contributed by atoms with Crippen LogP contribution in [0.2, 0.25) is 0 Å². The lowest BCUT2D eigenvalue weighted by Crippen LogP contribution is -2.52. The van der Waals surface area contributed by atoms with Crippen LogP contribution in [0.3, 0.4) is 0 Å². The van der Waals surface area contributed by atoms with E-state index in [1.165, 1.54) is 9.80 Å². The van der Waals surface area contributed by atoms with Crippen LogP contribution in [0.25, 0.3) is 0 Å². The molecule has 0 aliphatic heterocycles. The van der Waals surface area contributed by atoms with Gasteiger partial charge in [0.05, 0.1) is 6.54 Å². The van der Waals surface area contributed by atoms with Gasteiger partial charge in [-0.2, -0.15) is 0 Å². The summed E-state index contributed by atoms with van der Waals surface area (Å²) >= 11 is 0. The number of hydrogen-bond acceptors (Lipinski definition) is 4. The molecule has 0 spiro atoms. The Morgan fingerprint density at radius 2 is 1.85 bits per heavy atom. The molecule has 0 saturated heterocycles. The largest absolute Gasteiger partial charge is 0.409 e. The highest BCUT2D eigenvalue weighted by Crippen LogP contribution is 2.40. The number of oxime groups is 1. The quantitative estimate of drug-likeness (QED) is 0.327. The second-order valence-corrected chi connectivity index (χ2v) is 5.38. The van der Waals surface area contributed by atoms with E-state index >= 15 is 0 Å². The van der Waals surface area contributed by atoms with Crippen LogP contribution in [0.5, 0.6) is 0 Å². The van der Waals surface area contributed by atoms with Crippen LogP contribution in [-0.2, 0) is 9.59 Å². The highest BCUT2D eigenvalue weighted by Gasteiger charge is 2.47. The van der Waals surface area contributed by atoms with E-state index in [1.807, 2.05) is 6.92 Å². The van der Waals surface area contributed by atoms with E-state index in [9.17, 15) is 9.59 Å². The molecule has 0 atom stereocenters. The van der Waals surface area contributed by atoms with Crippen molar-refractivity contribution in [3.05, 3.63) is 0 Å². The number of rotatable bonds is 5. The summed E-state index contributed by atoms with van der Waals surface area (Å²) in [7, 11) is 3.30. The van der Waals surface area contributed by atoms with Gasteiger partial charge in [-0.1, -0.05) is 18.0 Å². The SMILES string of the molecule is CCN(CC(=O)N(C)C)C(=O)C1(C(N)=NO)CCCC1. The number of hydrogen-bond donors (Lipinski definition) is 2.